The molecule has 2 aliphatic carbocycles. The number of hydrogen-bond acceptors (Lipinski definition) is 4. The van der Waals surface area contributed by atoms with E-state index in [1.165, 1.54) is 6.21 Å². The van der Waals surface area contributed by atoms with Gasteiger partial charge in [-0.05, 0) is 28.8 Å². The summed E-state index contributed by atoms with van der Waals surface area (Å²) in [7, 11) is 0. The van der Waals surface area contributed by atoms with Crippen LogP contribution in [0.25, 0.3) is 22.8 Å². The lowest BCUT2D eigenvalue weighted by Gasteiger charge is -2.05. The summed E-state index contributed by atoms with van der Waals surface area (Å²) in [6.07, 6.45) is 8.44. The quantitative estimate of drug-likeness (QED) is 0.467. The number of hydrogen-bond donors (Lipinski definition) is 0. The number of nitrogens with zero attached hydrogens (tertiary/aromatic N) is 2. The number of ketones is 2. The topological polar surface area (TPSA) is 59.4 Å². The molecule has 0 spiro atoms. The Labute approximate surface area is 161 Å². The van der Waals surface area contributed by atoms with Crippen LogP contribution in [0.4, 0.5) is 0 Å². The van der Waals surface area contributed by atoms with Crippen molar-refractivity contribution in [3.63, 3.8) is 0 Å². The number of aliphatic imine (C=N–C) groups is 1. The maximum absolute atomic E-state index is 11.9. The molecule has 6 rings (SSSR count). The van der Waals surface area contributed by atoms with Crippen LogP contribution in [0.15, 0.2) is 83.8 Å². The van der Waals surface area contributed by atoms with Crippen LogP contribution in [0.1, 0.15) is 27.0 Å². The molecule has 0 bridgehead atoms. The number of Topliss-reactive ketones (excluding diaryl/α,β-unsaturated/α-hetero) is 1. The van der Waals surface area contributed by atoms with E-state index in [0.717, 1.165) is 44.5 Å². The van der Waals surface area contributed by atoms with Gasteiger partial charge in [0, 0.05) is 46.4 Å². The molecule has 0 fully saturated rings. The summed E-state index contributed by atoms with van der Waals surface area (Å²) >= 11 is 0. The van der Waals surface area contributed by atoms with E-state index in [1.54, 1.807) is 24.7 Å². The average Bonchev–Trinajstić information content (AvgIpc) is 3.27. The SMILES string of the molecule is O=C1C=NC=C2C1=Cc1ccccc12.O=C1c2ccccc2-c2cnccc21. The molecule has 2 heterocycles. The zero-order valence-corrected chi connectivity index (χ0v) is 14.8. The third-order valence-electron chi connectivity index (χ3n) is 5.03. The molecule has 3 aliphatic rings. The first-order valence-corrected chi connectivity index (χ1v) is 8.91. The van der Waals surface area contributed by atoms with E-state index in [-0.39, 0.29) is 11.6 Å². The number of fused-ring (bicyclic) bond motifs is 6. The van der Waals surface area contributed by atoms with E-state index in [1.807, 2.05) is 54.6 Å². The summed E-state index contributed by atoms with van der Waals surface area (Å²) in [4.78, 5) is 31.3. The highest BCUT2D eigenvalue weighted by Crippen LogP contribution is 2.37. The molecule has 0 radical (unpaired) electrons. The Morgan fingerprint density at radius 2 is 1.39 bits per heavy atom. The highest BCUT2D eigenvalue weighted by molar-refractivity contribution is 6.43. The maximum Gasteiger partial charge on any atom is 0.204 e. The van der Waals surface area contributed by atoms with Gasteiger partial charge in [-0.2, -0.15) is 0 Å². The summed E-state index contributed by atoms with van der Waals surface area (Å²) in [5, 5.41) is 0. The number of carbonyl (C=O) groups is 2. The van der Waals surface area contributed by atoms with Crippen molar-refractivity contribution < 1.29 is 9.59 Å². The summed E-state index contributed by atoms with van der Waals surface area (Å²) in [5.41, 5.74) is 7.43. The molecule has 2 aromatic carbocycles. The van der Waals surface area contributed by atoms with E-state index in [2.05, 4.69) is 9.98 Å². The van der Waals surface area contributed by atoms with Crippen LogP contribution < -0.4 is 0 Å². The molecule has 1 aromatic heterocycles. The van der Waals surface area contributed by atoms with Crippen LogP contribution in [0.2, 0.25) is 0 Å². The fraction of sp³-hybridized carbons (Fsp3) is 0. The van der Waals surface area contributed by atoms with Gasteiger partial charge in [-0.3, -0.25) is 19.6 Å². The predicted molar refractivity (Wildman–Crippen MR) is 109 cm³/mol. The molecule has 132 valence electrons. The number of benzene rings is 2. The molecular weight excluding hydrogens is 348 g/mol. The Hall–Kier alpha value is -3.92. The number of carbonyl (C=O) groups excluding carboxylic acids is 2. The molecule has 1 aliphatic heterocycles. The van der Waals surface area contributed by atoms with Crippen molar-refractivity contribution in [3.05, 3.63) is 101 Å². The fourth-order valence-electron chi connectivity index (χ4n) is 3.71. The van der Waals surface area contributed by atoms with Crippen LogP contribution in [-0.2, 0) is 4.79 Å². The zero-order valence-electron chi connectivity index (χ0n) is 14.8. The Balaban J connectivity index is 0.000000122. The normalized spacial score (nSPS) is 14.9. The van der Waals surface area contributed by atoms with Gasteiger partial charge in [0.1, 0.15) is 0 Å². The number of rotatable bonds is 0. The van der Waals surface area contributed by atoms with E-state index >= 15 is 0 Å². The standard InChI is InChI=1S/2C12H7NO/c14-12-7-13-6-11-9-4-2-1-3-8(9)5-10(11)12;14-12-9-4-2-1-3-8(9)11-7-13-6-5-10(11)12/h2*1-7H. The lowest BCUT2D eigenvalue weighted by atomic mass is 10.0. The van der Waals surface area contributed by atoms with Gasteiger partial charge in [0.05, 0.1) is 6.21 Å². The molecular formula is C24H14N2O2. The first-order valence-electron chi connectivity index (χ1n) is 8.91. The molecule has 4 nitrogen and oxygen atoms in total. The lowest BCUT2D eigenvalue weighted by Crippen LogP contribution is -2.06. The summed E-state index contributed by atoms with van der Waals surface area (Å²) in [5.74, 6) is 0.108. The first kappa shape index (κ1) is 16.3. The molecule has 0 amide bonds. The van der Waals surface area contributed by atoms with Crippen molar-refractivity contribution in [2.75, 3.05) is 0 Å². The van der Waals surface area contributed by atoms with Crippen LogP contribution >= 0.6 is 0 Å². The average molecular weight is 362 g/mol. The highest BCUT2D eigenvalue weighted by atomic mass is 16.1. The van der Waals surface area contributed by atoms with Gasteiger partial charge < -0.3 is 0 Å². The number of allylic oxidation sites excluding steroid dienone is 2. The van der Waals surface area contributed by atoms with Crippen LogP contribution in [0.3, 0.4) is 0 Å². The summed E-state index contributed by atoms with van der Waals surface area (Å²) < 4.78 is 0. The van der Waals surface area contributed by atoms with Gasteiger partial charge in [0.15, 0.2) is 5.78 Å². The Kier molecular flexibility index (Phi) is 3.69. The van der Waals surface area contributed by atoms with Crippen molar-refractivity contribution >= 4 is 29.4 Å². The molecule has 28 heavy (non-hydrogen) atoms. The minimum atomic E-state index is -0.00120. The van der Waals surface area contributed by atoms with Gasteiger partial charge in [-0.15, -0.1) is 0 Å². The Morgan fingerprint density at radius 3 is 2.25 bits per heavy atom. The Morgan fingerprint density at radius 1 is 0.679 bits per heavy atom. The van der Waals surface area contributed by atoms with Crippen molar-refractivity contribution in [1.82, 2.24) is 4.98 Å². The molecule has 0 saturated carbocycles. The number of pyridine rings is 1. The van der Waals surface area contributed by atoms with E-state index in [0.29, 0.717) is 0 Å². The van der Waals surface area contributed by atoms with Crippen molar-refractivity contribution in [2.45, 2.75) is 0 Å². The minimum Gasteiger partial charge on any atom is -0.289 e. The zero-order chi connectivity index (χ0) is 19.1. The molecule has 0 unspecified atom stereocenters. The second kappa shape index (κ2) is 6.35. The van der Waals surface area contributed by atoms with Gasteiger partial charge >= 0.3 is 0 Å². The third-order valence-corrected chi connectivity index (χ3v) is 5.03. The van der Waals surface area contributed by atoms with E-state index in [9.17, 15) is 9.59 Å². The van der Waals surface area contributed by atoms with E-state index < -0.39 is 0 Å². The monoisotopic (exact) mass is 362 g/mol. The van der Waals surface area contributed by atoms with Gasteiger partial charge in [-0.1, -0.05) is 48.5 Å². The molecule has 0 saturated heterocycles. The molecule has 0 N–H and O–H groups in total. The maximum atomic E-state index is 11.9. The fourth-order valence-corrected chi connectivity index (χ4v) is 3.71. The predicted octanol–water partition coefficient (Wildman–Crippen LogP) is 4.37. The first-order chi connectivity index (χ1) is 13.7. The van der Waals surface area contributed by atoms with Crippen molar-refractivity contribution in [1.29, 1.82) is 0 Å². The second-order valence-corrected chi connectivity index (χ2v) is 6.63. The number of aromatic nitrogens is 1. The summed E-state index contributed by atoms with van der Waals surface area (Å²) in [6, 6.07) is 17.4. The van der Waals surface area contributed by atoms with Crippen molar-refractivity contribution in [3.8, 4) is 11.1 Å². The van der Waals surface area contributed by atoms with Gasteiger partial charge in [-0.25, -0.2) is 0 Å². The van der Waals surface area contributed by atoms with Gasteiger partial charge in [0.2, 0.25) is 5.78 Å². The minimum absolute atomic E-state index is 0.00120. The summed E-state index contributed by atoms with van der Waals surface area (Å²) in [6.45, 7) is 0. The molecule has 4 heteroatoms. The van der Waals surface area contributed by atoms with E-state index in [4.69, 9.17) is 0 Å². The van der Waals surface area contributed by atoms with Gasteiger partial charge in [0.25, 0.3) is 0 Å². The van der Waals surface area contributed by atoms with Crippen LogP contribution in [-0.4, -0.2) is 22.8 Å². The second-order valence-electron chi connectivity index (χ2n) is 6.63. The Bertz CT molecular complexity index is 1200. The molecule has 0 atom stereocenters. The van der Waals surface area contributed by atoms with Crippen molar-refractivity contribution in [2.24, 2.45) is 4.99 Å². The highest BCUT2D eigenvalue weighted by Gasteiger charge is 2.26. The molecule has 3 aromatic rings. The largest absolute Gasteiger partial charge is 0.289 e. The lowest BCUT2D eigenvalue weighted by molar-refractivity contribution is -0.109. The van der Waals surface area contributed by atoms with Crippen LogP contribution in [0.5, 0.6) is 0 Å². The third kappa shape index (κ3) is 2.47. The van der Waals surface area contributed by atoms with Crippen LogP contribution in [0, 0.1) is 0 Å². The smallest absolute Gasteiger partial charge is 0.204 e.